The van der Waals surface area contributed by atoms with Crippen molar-refractivity contribution in [3.8, 4) is 6.19 Å². The highest BCUT2D eigenvalue weighted by Gasteiger charge is 1.88. The molecule has 0 saturated heterocycles. The molecule has 0 atom stereocenters. The highest BCUT2D eigenvalue weighted by molar-refractivity contribution is 6.29. The summed E-state index contributed by atoms with van der Waals surface area (Å²) in [5.74, 6) is 0. The van der Waals surface area contributed by atoms with Crippen molar-refractivity contribution in [2.45, 2.75) is 0 Å². The number of rotatable bonds is 2. The zero-order valence-corrected chi connectivity index (χ0v) is 6.78. The molecule has 0 aromatic carbocycles. The molecule has 1 N–H and O–H groups in total. The van der Waals surface area contributed by atoms with Gasteiger partial charge in [-0.15, -0.1) is 0 Å². The molecule has 0 fully saturated rings. The van der Waals surface area contributed by atoms with E-state index in [9.17, 15) is 0 Å². The first kappa shape index (κ1) is 8.50. The first-order valence-corrected chi connectivity index (χ1v) is 3.49. The van der Waals surface area contributed by atoms with Crippen molar-refractivity contribution in [1.82, 2.24) is 10.4 Å². The molecule has 1 aromatic rings. The van der Waals surface area contributed by atoms with Crippen LogP contribution in [-0.4, -0.2) is 11.2 Å². The molecular formula is C7H5ClN4. The van der Waals surface area contributed by atoms with Crippen molar-refractivity contribution in [2.24, 2.45) is 5.10 Å². The minimum absolute atomic E-state index is 0.431. The predicted molar refractivity (Wildman–Crippen MR) is 45.6 cm³/mol. The highest BCUT2D eigenvalue weighted by Crippen LogP contribution is 2.02. The molecule has 0 aliphatic heterocycles. The van der Waals surface area contributed by atoms with E-state index < -0.39 is 0 Å². The monoisotopic (exact) mass is 180 g/mol. The third-order valence-electron chi connectivity index (χ3n) is 1.08. The van der Waals surface area contributed by atoms with Gasteiger partial charge in [0.15, 0.2) is 6.19 Å². The van der Waals surface area contributed by atoms with Crippen LogP contribution in [0.3, 0.4) is 0 Å². The molecular weight excluding hydrogens is 176 g/mol. The molecule has 5 heteroatoms. The first-order chi connectivity index (χ1) is 5.83. The Morgan fingerprint density at radius 3 is 3.08 bits per heavy atom. The SMILES string of the molecule is N#CNN=Cc1ccc(Cl)nc1. The normalized spacial score (nSPS) is 9.67. The topological polar surface area (TPSA) is 61.1 Å². The molecule has 0 bridgehead atoms. The molecule has 60 valence electrons. The average molecular weight is 181 g/mol. The van der Waals surface area contributed by atoms with Crippen molar-refractivity contribution in [3.63, 3.8) is 0 Å². The van der Waals surface area contributed by atoms with Gasteiger partial charge >= 0.3 is 0 Å². The number of aromatic nitrogens is 1. The Labute approximate surface area is 74.5 Å². The summed E-state index contributed by atoms with van der Waals surface area (Å²) >= 11 is 5.55. The lowest BCUT2D eigenvalue weighted by Crippen LogP contribution is -1.94. The van der Waals surface area contributed by atoms with Crippen LogP contribution in [0.1, 0.15) is 5.56 Å². The number of pyridine rings is 1. The van der Waals surface area contributed by atoms with Crippen molar-refractivity contribution < 1.29 is 0 Å². The van der Waals surface area contributed by atoms with Gasteiger partial charge in [-0.2, -0.15) is 10.4 Å². The molecule has 4 nitrogen and oxygen atoms in total. The van der Waals surface area contributed by atoms with Crippen LogP contribution < -0.4 is 5.43 Å². The number of hydrogen-bond donors (Lipinski definition) is 1. The standard InChI is InChI=1S/C7H5ClN4/c8-7-2-1-6(3-10-7)4-11-12-5-9/h1-4,12H. The van der Waals surface area contributed by atoms with Gasteiger partial charge in [0.25, 0.3) is 0 Å². The zero-order chi connectivity index (χ0) is 8.81. The summed E-state index contributed by atoms with van der Waals surface area (Å²) in [6.45, 7) is 0. The van der Waals surface area contributed by atoms with E-state index in [1.165, 1.54) is 6.21 Å². The number of halogens is 1. The highest BCUT2D eigenvalue weighted by atomic mass is 35.5. The maximum Gasteiger partial charge on any atom is 0.198 e. The van der Waals surface area contributed by atoms with Gasteiger partial charge in [0, 0.05) is 11.8 Å². The summed E-state index contributed by atoms with van der Waals surface area (Å²) in [7, 11) is 0. The third-order valence-corrected chi connectivity index (χ3v) is 1.30. The van der Waals surface area contributed by atoms with Crippen molar-refractivity contribution in [1.29, 1.82) is 5.26 Å². The van der Waals surface area contributed by atoms with E-state index in [1.54, 1.807) is 24.5 Å². The molecule has 0 amide bonds. The molecule has 0 saturated carbocycles. The zero-order valence-electron chi connectivity index (χ0n) is 6.03. The second kappa shape index (κ2) is 4.31. The smallest absolute Gasteiger partial charge is 0.198 e. The summed E-state index contributed by atoms with van der Waals surface area (Å²) in [6, 6.07) is 3.40. The molecule has 1 heterocycles. The molecule has 1 aromatic heterocycles. The maximum atomic E-state index is 8.08. The molecule has 0 spiro atoms. The van der Waals surface area contributed by atoms with E-state index in [-0.39, 0.29) is 0 Å². The minimum Gasteiger partial charge on any atom is -0.244 e. The van der Waals surface area contributed by atoms with Crippen LogP contribution in [0, 0.1) is 11.5 Å². The summed E-state index contributed by atoms with van der Waals surface area (Å²) in [6.07, 6.45) is 4.69. The molecule has 0 unspecified atom stereocenters. The summed E-state index contributed by atoms with van der Waals surface area (Å²) in [4.78, 5) is 3.82. The molecule has 0 aliphatic carbocycles. The second-order valence-electron chi connectivity index (χ2n) is 1.90. The van der Waals surface area contributed by atoms with Crippen LogP contribution >= 0.6 is 11.6 Å². The van der Waals surface area contributed by atoms with E-state index in [2.05, 4.69) is 15.5 Å². The lowest BCUT2D eigenvalue weighted by atomic mass is 10.3. The summed E-state index contributed by atoms with van der Waals surface area (Å²) in [5.41, 5.74) is 2.91. The molecule has 0 aliphatic rings. The lowest BCUT2D eigenvalue weighted by Gasteiger charge is -1.90. The fourth-order valence-electron chi connectivity index (χ4n) is 0.599. The molecule has 12 heavy (non-hydrogen) atoms. The van der Waals surface area contributed by atoms with Gasteiger partial charge in [0.2, 0.25) is 0 Å². The number of hydrogen-bond acceptors (Lipinski definition) is 4. The van der Waals surface area contributed by atoms with Gasteiger partial charge in [-0.25, -0.2) is 10.4 Å². The lowest BCUT2D eigenvalue weighted by molar-refractivity contribution is 0.991. The second-order valence-corrected chi connectivity index (χ2v) is 2.28. The summed E-state index contributed by atoms with van der Waals surface area (Å²) in [5, 5.41) is 12.1. The van der Waals surface area contributed by atoms with Gasteiger partial charge in [0.05, 0.1) is 6.21 Å². The number of nitrogens with zero attached hydrogens (tertiary/aromatic N) is 3. The van der Waals surface area contributed by atoms with Crippen LogP contribution in [0.5, 0.6) is 0 Å². The van der Waals surface area contributed by atoms with E-state index in [0.29, 0.717) is 5.15 Å². The quantitative estimate of drug-likeness (QED) is 0.244. The average Bonchev–Trinajstić information content (AvgIpc) is 2.09. The van der Waals surface area contributed by atoms with Crippen molar-refractivity contribution >= 4 is 17.8 Å². The number of nitriles is 1. The van der Waals surface area contributed by atoms with Gasteiger partial charge in [-0.3, -0.25) is 0 Å². The Morgan fingerprint density at radius 2 is 2.50 bits per heavy atom. The number of nitrogens with one attached hydrogen (secondary N) is 1. The molecule has 0 radical (unpaired) electrons. The first-order valence-electron chi connectivity index (χ1n) is 3.11. The van der Waals surface area contributed by atoms with Crippen LogP contribution in [0.4, 0.5) is 0 Å². The fraction of sp³-hybridized carbons (Fsp3) is 0. The number of hydrazone groups is 1. The Bertz CT molecular complexity index is 311. The fourth-order valence-corrected chi connectivity index (χ4v) is 0.711. The largest absolute Gasteiger partial charge is 0.244 e. The Balaban J connectivity index is 2.66. The van der Waals surface area contributed by atoms with Crippen molar-refractivity contribution in [3.05, 3.63) is 29.0 Å². The van der Waals surface area contributed by atoms with Gasteiger partial charge < -0.3 is 0 Å². The summed E-state index contributed by atoms with van der Waals surface area (Å²) < 4.78 is 0. The van der Waals surface area contributed by atoms with E-state index in [0.717, 1.165) is 5.56 Å². The maximum absolute atomic E-state index is 8.08. The van der Waals surface area contributed by atoms with Gasteiger partial charge in [0.1, 0.15) is 5.15 Å². The van der Waals surface area contributed by atoms with E-state index in [4.69, 9.17) is 16.9 Å². The Kier molecular flexibility index (Phi) is 3.05. The van der Waals surface area contributed by atoms with Crippen LogP contribution in [0.25, 0.3) is 0 Å². The van der Waals surface area contributed by atoms with E-state index in [1.807, 2.05) is 0 Å². The minimum atomic E-state index is 0.431. The predicted octanol–water partition coefficient (Wildman–Crippen LogP) is 1.14. The molecule has 1 rings (SSSR count). The van der Waals surface area contributed by atoms with Gasteiger partial charge in [-0.1, -0.05) is 11.6 Å². The van der Waals surface area contributed by atoms with Gasteiger partial charge in [-0.05, 0) is 12.1 Å². The Morgan fingerprint density at radius 1 is 1.67 bits per heavy atom. The van der Waals surface area contributed by atoms with Crippen molar-refractivity contribution in [2.75, 3.05) is 0 Å². The van der Waals surface area contributed by atoms with Crippen LogP contribution in [-0.2, 0) is 0 Å². The van der Waals surface area contributed by atoms with E-state index >= 15 is 0 Å². The third kappa shape index (κ3) is 2.56. The van der Waals surface area contributed by atoms with Crippen LogP contribution in [0.2, 0.25) is 5.15 Å². The Hall–Kier alpha value is -1.60. The van der Waals surface area contributed by atoms with Crippen LogP contribution in [0.15, 0.2) is 23.4 Å².